The Balaban J connectivity index is 2.06. The molecule has 2 amide bonds. The Labute approximate surface area is 134 Å². The predicted octanol–water partition coefficient (Wildman–Crippen LogP) is 3.26. The summed E-state index contributed by atoms with van der Waals surface area (Å²) in [5.41, 5.74) is 0.568. The number of hydrogen-bond donors (Lipinski definition) is 1. The van der Waals surface area contributed by atoms with E-state index < -0.39 is 0 Å². The molecule has 0 bridgehead atoms. The number of amides is 2. The van der Waals surface area contributed by atoms with Crippen LogP contribution in [0.2, 0.25) is 10.0 Å². The summed E-state index contributed by atoms with van der Waals surface area (Å²) in [6.07, 6.45) is 2.17. The lowest BCUT2D eigenvalue weighted by atomic mass is 10.1. The van der Waals surface area contributed by atoms with Gasteiger partial charge in [0.2, 0.25) is 11.8 Å². The second kappa shape index (κ2) is 7.14. The van der Waals surface area contributed by atoms with Gasteiger partial charge in [0.05, 0.1) is 21.7 Å². The average Bonchev–Trinajstić information content (AvgIpc) is 2.84. The fraction of sp³-hybridized carbons (Fsp3) is 0.467. The van der Waals surface area contributed by atoms with Crippen molar-refractivity contribution in [3.8, 4) is 0 Å². The first kappa shape index (κ1) is 16.1. The standard InChI is InChI=1S/C15H18Cl2N2O2/c1-2-3-7-18-15(21)10-8-13(20)19(9-10)12-6-4-5-11(16)14(12)17/h4-6,10H,2-3,7-9H2,1H3,(H,18,21). The number of carbonyl (C=O) groups excluding carboxylic acids is 2. The van der Waals surface area contributed by atoms with Crippen LogP contribution in [0.4, 0.5) is 5.69 Å². The highest BCUT2D eigenvalue weighted by Gasteiger charge is 2.35. The Morgan fingerprint density at radius 1 is 1.43 bits per heavy atom. The molecule has 6 heteroatoms. The van der Waals surface area contributed by atoms with Crippen molar-refractivity contribution in [2.24, 2.45) is 5.92 Å². The second-order valence-corrected chi connectivity index (χ2v) is 5.91. The van der Waals surface area contributed by atoms with Crippen molar-refractivity contribution in [3.05, 3.63) is 28.2 Å². The quantitative estimate of drug-likeness (QED) is 0.843. The minimum Gasteiger partial charge on any atom is -0.356 e. The predicted molar refractivity (Wildman–Crippen MR) is 84.8 cm³/mol. The molecule has 1 aliphatic heterocycles. The monoisotopic (exact) mass is 328 g/mol. The highest BCUT2D eigenvalue weighted by atomic mass is 35.5. The summed E-state index contributed by atoms with van der Waals surface area (Å²) in [6, 6.07) is 5.15. The van der Waals surface area contributed by atoms with Crippen molar-refractivity contribution >= 4 is 40.7 Å². The summed E-state index contributed by atoms with van der Waals surface area (Å²) in [5, 5.41) is 3.61. The number of nitrogens with zero attached hydrogens (tertiary/aromatic N) is 1. The maximum Gasteiger partial charge on any atom is 0.227 e. The summed E-state index contributed by atoms with van der Waals surface area (Å²) in [4.78, 5) is 25.7. The zero-order chi connectivity index (χ0) is 15.4. The third-order valence-corrected chi connectivity index (χ3v) is 4.36. The Kier molecular flexibility index (Phi) is 5.48. The molecule has 1 heterocycles. The summed E-state index contributed by atoms with van der Waals surface area (Å²) in [7, 11) is 0. The minimum atomic E-state index is -0.329. The van der Waals surface area contributed by atoms with Crippen molar-refractivity contribution in [1.82, 2.24) is 5.32 Å². The fourth-order valence-electron chi connectivity index (χ4n) is 2.35. The first-order valence-corrected chi connectivity index (χ1v) is 7.82. The number of carbonyl (C=O) groups is 2. The van der Waals surface area contributed by atoms with Gasteiger partial charge in [-0.2, -0.15) is 0 Å². The molecule has 114 valence electrons. The molecule has 0 aliphatic carbocycles. The Morgan fingerprint density at radius 3 is 2.90 bits per heavy atom. The number of nitrogens with one attached hydrogen (secondary N) is 1. The molecule has 1 aliphatic rings. The van der Waals surface area contributed by atoms with Crippen molar-refractivity contribution in [3.63, 3.8) is 0 Å². The molecule has 1 atom stereocenters. The SMILES string of the molecule is CCCCNC(=O)C1CC(=O)N(c2cccc(Cl)c2Cl)C1. The van der Waals surface area contributed by atoms with Crippen LogP contribution >= 0.6 is 23.2 Å². The van der Waals surface area contributed by atoms with Gasteiger partial charge in [-0.25, -0.2) is 0 Å². The zero-order valence-electron chi connectivity index (χ0n) is 11.9. The Morgan fingerprint density at radius 2 is 2.19 bits per heavy atom. The molecule has 1 aromatic rings. The third-order valence-electron chi connectivity index (χ3n) is 3.55. The topological polar surface area (TPSA) is 49.4 Å². The molecule has 1 fully saturated rings. The first-order chi connectivity index (χ1) is 10.0. The van der Waals surface area contributed by atoms with Crippen molar-refractivity contribution in [2.45, 2.75) is 26.2 Å². The van der Waals surface area contributed by atoms with Crippen LogP contribution in [-0.4, -0.2) is 24.9 Å². The van der Waals surface area contributed by atoms with Gasteiger partial charge in [0.25, 0.3) is 0 Å². The van der Waals surface area contributed by atoms with E-state index in [2.05, 4.69) is 12.2 Å². The molecule has 1 unspecified atom stereocenters. The molecular weight excluding hydrogens is 311 g/mol. The summed E-state index contributed by atoms with van der Waals surface area (Å²) < 4.78 is 0. The lowest BCUT2D eigenvalue weighted by Crippen LogP contribution is -2.33. The van der Waals surface area contributed by atoms with Gasteiger partial charge in [0.1, 0.15) is 0 Å². The summed E-state index contributed by atoms with van der Waals surface area (Å²) >= 11 is 12.1. The summed E-state index contributed by atoms with van der Waals surface area (Å²) in [5.74, 6) is -0.503. The van der Waals surface area contributed by atoms with Crippen molar-refractivity contribution < 1.29 is 9.59 Å². The lowest BCUT2D eigenvalue weighted by Gasteiger charge is -2.18. The molecule has 1 saturated heterocycles. The van der Waals surface area contributed by atoms with Gasteiger partial charge in [-0.05, 0) is 18.6 Å². The van der Waals surface area contributed by atoms with E-state index in [1.165, 1.54) is 4.90 Å². The maximum absolute atomic E-state index is 12.1. The first-order valence-electron chi connectivity index (χ1n) is 7.06. The Hall–Kier alpha value is -1.26. The van der Waals surface area contributed by atoms with Gasteiger partial charge in [-0.3, -0.25) is 9.59 Å². The van der Waals surface area contributed by atoms with E-state index in [0.717, 1.165) is 12.8 Å². The molecule has 1 N–H and O–H groups in total. The number of anilines is 1. The van der Waals surface area contributed by atoms with Gasteiger partial charge < -0.3 is 10.2 Å². The van der Waals surface area contributed by atoms with Gasteiger partial charge >= 0.3 is 0 Å². The highest BCUT2D eigenvalue weighted by molar-refractivity contribution is 6.44. The van der Waals surface area contributed by atoms with E-state index in [0.29, 0.717) is 28.8 Å². The van der Waals surface area contributed by atoms with E-state index >= 15 is 0 Å². The van der Waals surface area contributed by atoms with Crippen LogP contribution in [0.5, 0.6) is 0 Å². The van der Waals surface area contributed by atoms with E-state index in [1.807, 2.05) is 0 Å². The molecule has 1 aromatic carbocycles. The normalized spacial score (nSPS) is 18.1. The number of halogens is 2. The second-order valence-electron chi connectivity index (χ2n) is 5.12. The van der Waals surface area contributed by atoms with Crippen molar-refractivity contribution in [2.75, 3.05) is 18.0 Å². The number of rotatable bonds is 5. The fourth-order valence-corrected chi connectivity index (χ4v) is 2.75. The van der Waals surface area contributed by atoms with Crippen LogP contribution in [0, 0.1) is 5.92 Å². The molecule has 0 radical (unpaired) electrons. The van der Waals surface area contributed by atoms with Crippen LogP contribution in [0.1, 0.15) is 26.2 Å². The van der Waals surface area contributed by atoms with E-state index in [-0.39, 0.29) is 24.2 Å². The molecule has 2 rings (SSSR count). The number of hydrogen-bond acceptors (Lipinski definition) is 2. The van der Waals surface area contributed by atoms with Gasteiger partial charge in [0, 0.05) is 19.5 Å². The van der Waals surface area contributed by atoms with E-state index in [4.69, 9.17) is 23.2 Å². The van der Waals surface area contributed by atoms with Gasteiger partial charge in [-0.15, -0.1) is 0 Å². The lowest BCUT2D eigenvalue weighted by molar-refractivity contribution is -0.126. The van der Waals surface area contributed by atoms with Gasteiger partial charge in [0.15, 0.2) is 0 Å². The van der Waals surface area contributed by atoms with E-state index in [1.54, 1.807) is 18.2 Å². The Bertz CT molecular complexity index is 548. The molecule has 0 saturated carbocycles. The van der Waals surface area contributed by atoms with E-state index in [9.17, 15) is 9.59 Å². The maximum atomic E-state index is 12.1. The third kappa shape index (κ3) is 3.69. The minimum absolute atomic E-state index is 0.0718. The number of benzene rings is 1. The van der Waals surface area contributed by atoms with Crippen LogP contribution in [0.3, 0.4) is 0 Å². The van der Waals surface area contributed by atoms with Crippen LogP contribution in [0.15, 0.2) is 18.2 Å². The molecule has 0 spiro atoms. The summed E-state index contributed by atoms with van der Waals surface area (Å²) in [6.45, 7) is 3.06. The van der Waals surface area contributed by atoms with Crippen LogP contribution in [-0.2, 0) is 9.59 Å². The average molecular weight is 329 g/mol. The van der Waals surface area contributed by atoms with Crippen LogP contribution in [0.25, 0.3) is 0 Å². The van der Waals surface area contributed by atoms with Crippen LogP contribution < -0.4 is 10.2 Å². The smallest absolute Gasteiger partial charge is 0.227 e. The highest BCUT2D eigenvalue weighted by Crippen LogP contribution is 2.35. The molecular formula is C15H18Cl2N2O2. The largest absolute Gasteiger partial charge is 0.356 e. The van der Waals surface area contributed by atoms with Gasteiger partial charge in [-0.1, -0.05) is 42.6 Å². The molecule has 0 aromatic heterocycles. The molecule has 21 heavy (non-hydrogen) atoms. The molecule has 4 nitrogen and oxygen atoms in total. The van der Waals surface area contributed by atoms with Crippen molar-refractivity contribution in [1.29, 1.82) is 0 Å². The number of unbranched alkanes of at least 4 members (excludes halogenated alkanes) is 1. The zero-order valence-corrected chi connectivity index (χ0v) is 13.4.